The lowest BCUT2D eigenvalue weighted by atomic mass is 10.2. The largest absolute Gasteiger partial charge is 0.414 e. The summed E-state index contributed by atoms with van der Waals surface area (Å²) < 4.78 is 34.8. The lowest BCUT2D eigenvalue weighted by Crippen LogP contribution is -2.42. The molecule has 0 aliphatic heterocycles. The predicted molar refractivity (Wildman–Crippen MR) is 51.1 cm³/mol. The van der Waals surface area contributed by atoms with Crippen molar-refractivity contribution in [3.63, 3.8) is 0 Å². The molecule has 0 spiro atoms. The molecule has 0 radical (unpaired) electrons. The number of rotatable bonds is 6. The number of carbonyl (C=O) groups is 1. The molecule has 0 heterocycles. The molecule has 3 N–H and O–H groups in total. The number of hydrogen-bond donors (Lipinski definition) is 2. The molecule has 0 bridgehead atoms. The number of amides is 1. The highest BCUT2D eigenvalue weighted by Gasteiger charge is 2.28. The van der Waals surface area contributed by atoms with Gasteiger partial charge in [0, 0.05) is 0 Å². The minimum absolute atomic E-state index is 0.391. The van der Waals surface area contributed by atoms with Gasteiger partial charge in [-0.15, -0.1) is 0 Å². The fourth-order valence-corrected chi connectivity index (χ4v) is 1.13. The number of alkyl halides is 3. The van der Waals surface area contributed by atoms with E-state index in [1.807, 2.05) is 6.26 Å². The van der Waals surface area contributed by atoms with Crippen LogP contribution in [0.4, 0.5) is 13.2 Å². The summed E-state index contributed by atoms with van der Waals surface area (Å²) in [5.41, 5.74) is 7.02. The molecule has 1 amide bonds. The monoisotopic (exact) mass is 246 g/mol. The SMILES string of the molecule is CSCC[C@@H](N)C(=O)NOCC(F)(F)F. The standard InChI is InChI=1S/C7H13F3N2O2S/c1-15-3-2-5(11)6(13)12-14-4-7(8,9)10/h5H,2-4,11H2,1H3,(H,12,13)/t5-/m1/s1. The summed E-state index contributed by atoms with van der Waals surface area (Å²) in [6.45, 7) is -1.52. The van der Waals surface area contributed by atoms with Crippen LogP contribution in [0.15, 0.2) is 0 Å². The van der Waals surface area contributed by atoms with Crippen molar-refractivity contribution in [3.05, 3.63) is 0 Å². The van der Waals surface area contributed by atoms with Crippen LogP contribution in [0.25, 0.3) is 0 Å². The Hall–Kier alpha value is -0.470. The molecule has 15 heavy (non-hydrogen) atoms. The van der Waals surface area contributed by atoms with Gasteiger partial charge >= 0.3 is 6.18 Å². The van der Waals surface area contributed by atoms with Crippen LogP contribution >= 0.6 is 11.8 Å². The van der Waals surface area contributed by atoms with Crippen LogP contribution in [0.1, 0.15) is 6.42 Å². The fraction of sp³-hybridized carbons (Fsp3) is 0.857. The Bertz CT molecular complexity index is 201. The van der Waals surface area contributed by atoms with Gasteiger partial charge in [0.2, 0.25) is 0 Å². The summed E-state index contributed by atoms with van der Waals surface area (Å²) in [5.74, 6) is -0.0817. The first kappa shape index (κ1) is 14.5. The van der Waals surface area contributed by atoms with Crippen molar-refractivity contribution < 1.29 is 22.8 Å². The number of nitrogens with two attached hydrogens (primary N) is 1. The van der Waals surface area contributed by atoms with E-state index in [-0.39, 0.29) is 0 Å². The van der Waals surface area contributed by atoms with E-state index in [0.717, 1.165) is 0 Å². The minimum Gasteiger partial charge on any atom is -0.320 e. The predicted octanol–water partition coefficient (Wildman–Crippen LogP) is 0.677. The molecule has 0 unspecified atom stereocenters. The molecule has 8 heteroatoms. The van der Waals surface area contributed by atoms with E-state index in [2.05, 4.69) is 4.84 Å². The maximum absolute atomic E-state index is 11.6. The molecule has 0 saturated heterocycles. The Labute approximate surface area is 89.7 Å². The minimum atomic E-state index is -4.46. The second-order valence-electron chi connectivity index (χ2n) is 2.76. The van der Waals surface area contributed by atoms with Crippen LogP contribution in [0, 0.1) is 0 Å². The van der Waals surface area contributed by atoms with Crippen molar-refractivity contribution >= 4 is 17.7 Å². The van der Waals surface area contributed by atoms with Gasteiger partial charge in [0.15, 0.2) is 6.61 Å². The van der Waals surface area contributed by atoms with Crippen LogP contribution in [-0.2, 0) is 9.63 Å². The van der Waals surface area contributed by atoms with Crippen LogP contribution in [-0.4, -0.2) is 36.7 Å². The number of thioether (sulfide) groups is 1. The summed E-state index contributed by atoms with van der Waals surface area (Å²) in [5, 5.41) is 0. The van der Waals surface area contributed by atoms with Gasteiger partial charge in [0.05, 0.1) is 6.04 Å². The lowest BCUT2D eigenvalue weighted by molar-refractivity contribution is -0.192. The summed E-state index contributed by atoms with van der Waals surface area (Å²) >= 11 is 1.49. The molecule has 0 aromatic rings. The molecule has 4 nitrogen and oxygen atoms in total. The van der Waals surface area contributed by atoms with Gasteiger partial charge in [0.25, 0.3) is 5.91 Å². The van der Waals surface area contributed by atoms with E-state index in [1.54, 1.807) is 5.48 Å². The number of nitrogens with one attached hydrogen (secondary N) is 1. The van der Waals surface area contributed by atoms with Gasteiger partial charge in [-0.3, -0.25) is 9.63 Å². The first-order chi connectivity index (χ1) is 6.87. The zero-order valence-electron chi connectivity index (χ0n) is 8.13. The summed E-state index contributed by atoms with van der Waals surface area (Å²) in [6, 6.07) is -0.842. The number of hydrogen-bond acceptors (Lipinski definition) is 4. The molecule has 0 aliphatic carbocycles. The molecule has 90 valence electrons. The summed E-state index contributed by atoms with van der Waals surface area (Å²) in [7, 11) is 0. The third-order valence-corrected chi connectivity index (χ3v) is 2.02. The van der Waals surface area contributed by atoms with Crippen LogP contribution < -0.4 is 11.2 Å². The maximum Gasteiger partial charge on any atom is 0.414 e. The third-order valence-electron chi connectivity index (χ3n) is 1.38. The van der Waals surface area contributed by atoms with Crippen molar-refractivity contribution in [1.29, 1.82) is 0 Å². The molecular formula is C7H13F3N2O2S. The molecule has 0 aromatic heterocycles. The van der Waals surface area contributed by atoms with Crippen molar-refractivity contribution in [2.75, 3.05) is 18.6 Å². The summed E-state index contributed by atoms with van der Waals surface area (Å²) in [6.07, 6.45) is -2.23. The smallest absolute Gasteiger partial charge is 0.320 e. The second kappa shape index (κ2) is 6.91. The Morgan fingerprint density at radius 3 is 2.67 bits per heavy atom. The van der Waals surface area contributed by atoms with E-state index in [9.17, 15) is 18.0 Å². The molecule has 0 aromatic carbocycles. The van der Waals surface area contributed by atoms with Crippen molar-refractivity contribution in [1.82, 2.24) is 5.48 Å². The summed E-state index contributed by atoms with van der Waals surface area (Å²) in [4.78, 5) is 14.9. The van der Waals surface area contributed by atoms with E-state index in [0.29, 0.717) is 12.2 Å². The van der Waals surface area contributed by atoms with E-state index in [1.165, 1.54) is 11.8 Å². The van der Waals surface area contributed by atoms with Crippen molar-refractivity contribution in [2.24, 2.45) is 5.73 Å². The number of halogens is 3. The highest BCUT2D eigenvalue weighted by molar-refractivity contribution is 7.98. The average molecular weight is 246 g/mol. The zero-order chi connectivity index (χ0) is 11.9. The second-order valence-corrected chi connectivity index (χ2v) is 3.74. The van der Waals surface area contributed by atoms with Gasteiger partial charge in [-0.1, -0.05) is 0 Å². The van der Waals surface area contributed by atoms with Gasteiger partial charge in [0.1, 0.15) is 0 Å². The first-order valence-corrected chi connectivity index (χ1v) is 5.49. The Morgan fingerprint density at radius 2 is 2.20 bits per heavy atom. The Kier molecular flexibility index (Phi) is 6.70. The van der Waals surface area contributed by atoms with Gasteiger partial charge in [-0.25, -0.2) is 5.48 Å². The van der Waals surface area contributed by atoms with Gasteiger partial charge in [-0.05, 0) is 18.4 Å². The van der Waals surface area contributed by atoms with Crippen molar-refractivity contribution in [2.45, 2.75) is 18.6 Å². The molecular weight excluding hydrogens is 233 g/mol. The first-order valence-electron chi connectivity index (χ1n) is 4.09. The van der Waals surface area contributed by atoms with E-state index < -0.39 is 24.7 Å². The zero-order valence-corrected chi connectivity index (χ0v) is 8.95. The highest BCUT2D eigenvalue weighted by Crippen LogP contribution is 2.13. The lowest BCUT2D eigenvalue weighted by Gasteiger charge is -2.12. The van der Waals surface area contributed by atoms with Gasteiger partial charge < -0.3 is 5.73 Å². The quantitative estimate of drug-likeness (QED) is 0.676. The normalized spacial score (nSPS) is 13.7. The topological polar surface area (TPSA) is 64.4 Å². The molecule has 0 fully saturated rings. The Morgan fingerprint density at radius 1 is 1.60 bits per heavy atom. The van der Waals surface area contributed by atoms with Crippen LogP contribution in [0.2, 0.25) is 0 Å². The van der Waals surface area contributed by atoms with Gasteiger partial charge in [-0.2, -0.15) is 24.9 Å². The molecule has 0 rings (SSSR count). The third kappa shape index (κ3) is 8.52. The Balaban J connectivity index is 3.64. The molecule has 1 atom stereocenters. The molecule has 0 aliphatic rings. The van der Waals surface area contributed by atoms with Crippen molar-refractivity contribution in [3.8, 4) is 0 Å². The van der Waals surface area contributed by atoms with Crippen LogP contribution in [0.5, 0.6) is 0 Å². The molecule has 0 saturated carbocycles. The average Bonchev–Trinajstić information content (AvgIpc) is 2.11. The van der Waals surface area contributed by atoms with E-state index in [4.69, 9.17) is 5.73 Å². The fourth-order valence-electron chi connectivity index (χ4n) is 0.641. The number of hydroxylamine groups is 1. The van der Waals surface area contributed by atoms with Crippen LogP contribution in [0.3, 0.4) is 0 Å². The highest BCUT2D eigenvalue weighted by atomic mass is 32.2. The maximum atomic E-state index is 11.6. The van der Waals surface area contributed by atoms with E-state index >= 15 is 0 Å². The number of carbonyl (C=O) groups excluding carboxylic acids is 1.